The molecule has 1 aliphatic heterocycles. The van der Waals surface area contributed by atoms with Crippen LogP contribution in [0.1, 0.15) is 27.2 Å². The van der Waals surface area contributed by atoms with E-state index in [1.54, 1.807) is 0 Å². The summed E-state index contributed by atoms with van der Waals surface area (Å²) in [6.07, 6.45) is 1.12. The largest absolute Gasteiger partial charge is 0.352 e. The summed E-state index contributed by atoms with van der Waals surface area (Å²) in [7, 11) is 0. The molecule has 0 aliphatic carbocycles. The Hall–Kier alpha value is -0.0800. The zero-order valence-electron chi connectivity index (χ0n) is 7.02. The lowest BCUT2D eigenvalue weighted by Crippen LogP contribution is -2.37. The molecule has 0 N–H and O–H groups in total. The number of ether oxygens (including phenoxy) is 2. The highest BCUT2D eigenvalue weighted by atomic mass is 16.7. The standard InChI is InChI=1S/C8H16O2/c1-4-8(3)5-9-7(2)10-6-8/h7H,4-6H2,1-3H3. The van der Waals surface area contributed by atoms with Crippen LogP contribution in [0.15, 0.2) is 0 Å². The first kappa shape index (κ1) is 8.02. The molecule has 0 bridgehead atoms. The fraction of sp³-hybridized carbons (Fsp3) is 1.00. The lowest BCUT2D eigenvalue weighted by molar-refractivity contribution is -0.217. The Balaban J connectivity index is 2.38. The fourth-order valence-corrected chi connectivity index (χ4v) is 0.931. The van der Waals surface area contributed by atoms with Gasteiger partial charge in [-0.1, -0.05) is 13.8 Å². The second-order valence-corrected chi connectivity index (χ2v) is 3.35. The first-order valence-corrected chi connectivity index (χ1v) is 3.89. The van der Waals surface area contributed by atoms with E-state index in [1.807, 2.05) is 6.92 Å². The van der Waals surface area contributed by atoms with Crippen LogP contribution in [0, 0.1) is 5.41 Å². The highest BCUT2D eigenvalue weighted by Crippen LogP contribution is 2.26. The topological polar surface area (TPSA) is 18.5 Å². The average Bonchev–Trinajstić information content (AvgIpc) is 1.96. The maximum atomic E-state index is 5.36. The molecule has 0 amide bonds. The van der Waals surface area contributed by atoms with Gasteiger partial charge in [0.15, 0.2) is 6.29 Å². The Morgan fingerprint density at radius 3 is 2.30 bits per heavy atom. The van der Waals surface area contributed by atoms with E-state index in [9.17, 15) is 0 Å². The molecule has 0 aromatic carbocycles. The van der Waals surface area contributed by atoms with E-state index in [2.05, 4.69) is 13.8 Å². The first-order valence-electron chi connectivity index (χ1n) is 3.89. The summed E-state index contributed by atoms with van der Waals surface area (Å²) in [4.78, 5) is 0. The molecule has 2 nitrogen and oxygen atoms in total. The molecule has 2 heteroatoms. The first-order chi connectivity index (χ1) is 4.66. The van der Waals surface area contributed by atoms with Gasteiger partial charge in [0.2, 0.25) is 0 Å². The zero-order chi connectivity index (χ0) is 7.61. The molecule has 1 fully saturated rings. The second kappa shape index (κ2) is 2.89. The van der Waals surface area contributed by atoms with Crippen molar-refractivity contribution in [3.05, 3.63) is 0 Å². The second-order valence-electron chi connectivity index (χ2n) is 3.35. The summed E-state index contributed by atoms with van der Waals surface area (Å²) in [6, 6.07) is 0. The third kappa shape index (κ3) is 1.70. The molecular weight excluding hydrogens is 128 g/mol. The Morgan fingerprint density at radius 2 is 1.90 bits per heavy atom. The van der Waals surface area contributed by atoms with Crippen LogP contribution in [-0.4, -0.2) is 19.5 Å². The minimum Gasteiger partial charge on any atom is -0.352 e. The van der Waals surface area contributed by atoms with E-state index in [0.29, 0.717) is 0 Å². The Labute approximate surface area is 62.5 Å². The average molecular weight is 144 g/mol. The highest BCUT2D eigenvalue weighted by Gasteiger charge is 2.28. The lowest BCUT2D eigenvalue weighted by Gasteiger charge is -2.35. The maximum absolute atomic E-state index is 5.36. The van der Waals surface area contributed by atoms with Crippen LogP contribution >= 0.6 is 0 Å². The number of hydrogen-bond acceptors (Lipinski definition) is 2. The minimum absolute atomic E-state index is 0.000347. The van der Waals surface area contributed by atoms with E-state index in [1.165, 1.54) is 0 Å². The number of hydrogen-bond donors (Lipinski definition) is 0. The van der Waals surface area contributed by atoms with Gasteiger partial charge in [0.25, 0.3) is 0 Å². The van der Waals surface area contributed by atoms with Crippen molar-refractivity contribution in [2.45, 2.75) is 33.5 Å². The summed E-state index contributed by atoms with van der Waals surface area (Å²) in [5, 5.41) is 0. The van der Waals surface area contributed by atoms with Crippen molar-refractivity contribution in [1.82, 2.24) is 0 Å². The molecule has 0 unspecified atom stereocenters. The van der Waals surface area contributed by atoms with Crippen LogP contribution in [0.4, 0.5) is 0 Å². The molecule has 1 aliphatic rings. The van der Waals surface area contributed by atoms with Gasteiger partial charge in [-0.05, 0) is 13.3 Å². The van der Waals surface area contributed by atoms with Crippen molar-refractivity contribution in [3.8, 4) is 0 Å². The van der Waals surface area contributed by atoms with Crippen molar-refractivity contribution in [3.63, 3.8) is 0 Å². The highest BCUT2D eigenvalue weighted by molar-refractivity contribution is 4.74. The van der Waals surface area contributed by atoms with E-state index in [-0.39, 0.29) is 11.7 Å². The molecule has 0 radical (unpaired) electrons. The summed E-state index contributed by atoms with van der Waals surface area (Å²) >= 11 is 0. The van der Waals surface area contributed by atoms with Gasteiger partial charge in [-0.3, -0.25) is 0 Å². The van der Waals surface area contributed by atoms with Crippen LogP contribution in [0.2, 0.25) is 0 Å². The molecule has 10 heavy (non-hydrogen) atoms. The zero-order valence-corrected chi connectivity index (χ0v) is 7.02. The van der Waals surface area contributed by atoms with E-state index < -0.39 is 0 Å². The predicted octanol–water partition coefficient (Wildman–Crippen LogP) is 1.80. The lowest BCUT2D eigenvalue weighted by atomic mass is 9.89. The van der Waals surface area contributed by atoms with E-state index in [4.69, 9.17) is 9.47 Å². The van der Waals surface area contributed by atoms with E-state index in [0.717, 1.165) is 19.6 Å². The van der Waals surface area contributed by atoms with Crippen LogP contribution in [-0.2, 0) is 9.47 Å². The Morgan fingerprint density at radius 1 is 1.40 bits per heavy atom. The van der Waals surface area contributed by atoms with Crippen molar-refractivity contribution >= 4 is 0 Å². The molecule has 0 aromatic rings. The van der Waals surface area contributed by atoms with Gasteiger partial charge < -0.3 is 9.47 Å². The molecule has 1 rings (SSSR count). The van der Waals surface area contributed by atoms with Gasteiger partial charge in [0.1, 0.15) is 0 Å². The third-order valence-electron chi connectivity index (χ3n) is 2.19. The van der Waals surface area contributed by atoms with Gasteiger partial charge >= 0.3 is 0 Å². The van der Waals surface area contributed by atoms with Gasteiger partial charge in [0.05, 0.1) is 13.2 Å². The predicted molar refractivity (Wildman–Crippen MR) is 39.8 cm³/mol. The molecule has 0 saturated carbocycles. The SMILES string of the molecule is CCC1(C)COC(C)OC1. The summed E-state index contributed by atoms with van der Waals surface area (Å²) in [6.45, 7) is 7.98. The molecule has 1 heterocycles. The van der Waals surface area contributed by atoms with Crippen molar-refractivity contribution in [2.75, 3.05) is 13.2 Å². The van der Waals surface area contributed by atoms with Gasteiger partial charge in [-0.2, -0.15) is 0 Å². The maximum Gasteiger partial charge on any atom is 0.154 e. The quantitative estimate of drug-likeness (QED) is 0.558. The van der Waals surface area contributed by atoms with Crippen molar-refractivity contribution < 1.29 is 9.47 Å². The fourth-order valence-electron chi connectivity index (χ4n) is 0.931. The Bertz CT molecular complexity index is 104. The third-order valence-corrected chi connectivity index (χ3v) is 2.19. The molecule has 0 spiro atoms. The summed E-state index contributed by atoms with van der Waals surface area (Å²) in [5.74, 6) is 0. The van der Waals surface area contributed by atoms with Gasteiger partial charge in [0, 0.05) is 5.41 Å². The molecule has 0 aromatic heterocycles. The van der Waals surface area contributed by atoms with Gasteiger partial charge in [-0.25, -0.2) is 0 Å². The van der Waals surface area contributed by atoms with Crippen molar-refractivity contribution in [1.29, 1.82) is 0 Å². The normalized spacial score (nSPS) is 41.7. The molecular formula is C8H16O2. The van der Waals surface area contributed by atoms with E-state index >= 15 is 0 Å². The summed E-state index contributed by atoms with van der Waals surface area (Å²) < 4.78 is 10.7. The monoisotopic (exact) mass is 144 g/mol. The smallest absolute Gasteiger partial charge is 0.154 e. The minimum atomic E-state index is -0.000347. The summed E-state index contributed by atoms with van der Waals surface area (Å²) in [5.41, 5.74) is 0.256. The van der Waals surface area contributed by atoms with Gasteiger partial charge in [-0.15, -0.1) is 0 Å². The van der Waals surface area contributed by atoms with Crippen molar-refractivity contribution in [2.24, 2.45) is 5.41 Å². The van der Waals surface area contributed by atoms with Crippen LogP contribution < -0.4 is 0 Å². The molecule has 60 valence electrons. The Kier molecular flexibility index (Phi) is 2.32. The molecule has 0 atom stereocenters. The van der Waals surface area contributed by atoms with Crippen LogP contribution in [0.25, 0.3) is 0 Å². The van der Waals surface area contributed by atoms with Crippen LogP contribution in [0.3, 0.4) is 0 Å². The molecule has 1 saturated heterocycles. The number of rotatable bonds is 1. The van der Waals surface area contributed by atoms with Crippen LogP contribution in [0.5, 0.6) is 0 Å².